The smallest absolute Gasteiger partial charge is 0.194 e. The molecule has 168 valence electrons. The summed E-state index contributed by atoms with van der Waals surface area (Å²) in [4.78, 5) is 4.87. The second-order valence-corrected chi connectivity index (χ2v) is 11.3. The van der Waals surface area contributed by atoms with Crippen LogP contribution in [-0.4, -0.2) is 19.8 Å². The Labute approximate surface area is 191 Å². The fourth-order valence-corrected chi connectivity index (χ4v) is 5.62. The van der Waals surface area contributed by atoms with Gasteiger partial charge in [-0.05, 0) is 77.3 Å². The molecule has 0 radical (unpaired) electrons. The van der Waals surface area contributed by atoms with Gasteiger partial charge in [0.05, 0.1) is 12.2 Å². The average molecular weight is 431 g/mol. The Morgan fingerprint density at radius 1 is 0.812 bits per heavy atom. The molecule has 0 unspecified atom stereocenters. The van der Waals surface area contributed by atoms with Gasteiger partial charge in [-0.25, -0.2) is 0 Å². The quantitative estimate of drug-likeness (QED) is 0.527. The topological polar surface area (TPSA) is 58.3 Å². The zero-order valence-electron chi connectivity index (χ0n) is 19.9. The SMILES string of the molecule is Cc1cc2c(cc1C1(c3ccc(Cn4c(O)ccc4O)cn3)CC1)C(C)(C)CCC2(C)C. The number of benzene rings is 1. The summed E-state index contributed by atoms with van der Waals surface area (Å²) in [5.74, 6) is 0.112. The molecular weight excluding hydrogens is 396 g/mol. The normalized spacial score (nSPS) is 20.0. The Balaban J connectivity index is 1.51. The van der Waals surface area contributed by atoms with Gasteiger partial charge < -0.3 is 10.2 Å². The maximum atomic E-state index is 9.92. The van der Waals surface area contributed by atoms with E-state index in [1.807, 2.05) is 6.20 Å². The lowest BCUT2D eigenvalue weighted by Crippen LogP contribution is -2.34. The van der Waals surface area contributed by atoms with Crippen molar-refractivity contribution in [2.24, 2.45) is 0 Å². The van der Waals surface area contributed by atoms with Crippen molar-refractivity contribution in [3.63, 3.8) is 0 Å². The number of aromatic nitrogens is 2. The third-order valence-corrected chi connectivity index (χ3v) is 8.05. The van der Waals surface area contributed by atoms with E-state index in [9.17, 15) is 10.2 Å². The molecule has 2 heterocycles. The van der Waals surface area contributed by atoms with Gasteiger partial charge in [-0.2, -0.15) is 0 Å². The predicted molar refractivity (Wildman–Crippen MR) is 128 cm³/mol. The number of rotatable bonds is 4. The van der Waals surface area contributed by atoms with E-state index in [1.165, 1.54) is 51.8 Å². The molecule has 2 N–H and O–H groups in total. The van der Waals surface area contributed by atoms with E-state index in [0.29, 0.717) is 6.54 Å². The summed E-state index contributed by atoms with van der Waals surface area (Å²) in [6.07, 6.45) is 6.58. The molecule has 0 aliphatic heterocycles. The molecule has 0 bridgehead atoms. The lowest BCUT2D eigenvalue weighted by molar-refractivity contribution is 0.331. The minimum Gasteiger partial charge on any atom is -0.494 e. The highest BCUT2D eigenvalue weighted by molar-refractivity contribution is 5.54. The highest BCUT2D eigenvalue weighted by atomic mass is 16.3. The number of aromatic hydroxyl groups is 2. The standard InChI is InChI=1S/C28H34N2O2/c1-18-14-21-22(27(4,5)11-10-26(21,2)3)15-20(18)28(12-13-28)23-7-6-19(16-29-23)17-30-24(31)8-9-25(30)32/h6-9,14-16,31-32H,10-13,17H2,1-5H3. The first-order valence-electron chi connectivity index (χ1n) is 11.7. The number of hydrogen-bond acceptors (Lipinski definition) is 3. The summed E-state index contributed by atoms with van der Waals surface area (Å²) in [6.45, 7) is 12.2. The van der Waals surface area contributed by atoms with Crippen LogP contribution in [-0.2, 0) is 22.8 Å². The molecule has 32 heavy (non-hydrogen) atoms. The average Bonchev–Trinajstić information content (AvgIpc) is 3.49. The summed E-state index contributed by atoms with van der Waals surface area (Å²) < 4.78 is 1.47. The van der Waals surface area contributed by atoms with Crippen molar-refractivity contribution in [2.45, 2.75) is 83.1 Å². The second kappa shape index (κ2) is 6.87. The van der Waals surface area contributed by atoms with Gasteiger partial charge in [0.15, 0.2) is 11.8 Å². The zero-order valence-corrected chi connectivity index (χ0v) is 19.9. The van der Waals surface area contributed by atoms with Crippen LogP contribution in [0.3, 0.4) is 0 Å². The van der Waals surface area contributed by atoms with Gasteiger partial charge in [-0.1, -0.05) is 45.9 Å². The molecule has 1 aromatic carbocycles. The summed E-state index contributed by atoms with van der Waals surface area (Å²) in [7, 11) is 0. The number of hydrogen-bond donors (Lipinski definition) is 2. The van der Waals surface area contributed by atoms with Gasteiger partial charge in [0.1, 0.15) is 0 Å². The van der Waals surface area contributed by atoms with E-state index in [2.05, 4.69) is 58.9 Å². The Hall–Kier alpha value is -2.75. The highest BCUT2D eigenvalue weighted by Crippen LogP contribution is 2.56. The Kier molecular flexibility index (Phi) is 4.53. The molecule has 2 aromatic heterocycles. The van der Waals surface area contributed by atoms with Crippen LogP contribution in [0, 0.1) is 6.92 Å². The Bertz CT molecular complexity index is 1160. The fraction of sp³-hybridized carbons (Fsp3) is 0.464. The third kappa shape index (κ3) is 3.23. The van der Waals surface area contributed by atoms with Crippen molar-refractivity contribution in [1.29, 1.82) is 0 Å². The summed E-state index contributed by atoms with van der Waals surface area (Å²) in [6, 6.07) is 12.2. The number of pyridine rings is 1. The molecule has 1 fully saturated rings. The van der Waals surface area contributed by atoms with Crippen molar-refractivity contribution < 1.29 is 10.2 Å². The van der Waals surface area contributed by atoms with Crippen molar-refractivity contribution in [1.82, 2.24) is 9.55 Å². The first-order valence-corrected chi connectivity index (χ1v) is 11.7. The van der Waals surface area contributed by atoms with Gasteiger partial charge in [0.2, 0.25) is 0 Å². The molecule has 1 saturated carbocycles. The molecule has 0 amide bonds. The van der Waals surface area contributed by atoms with E-state index in [-0.39, 0.29) is 28.0 Å². The van der Waals surface area contributed by atoms with Gasteiger partial charge >= 0.3 is 0 Å². The maximum Gasteiger partial charge on any atom is 0.194 e. The van der Waals surface area contributed by atoms with Gasteiger partial charge in [0, 0.05) is 23.7 Å². The van der Waals surface area contributed by atoms with Crippen LogP contribution in [0.15, 0.2) is 42.6 Å². The Morgan fingerprint density at radius 3 is 1.94 bits per heavy atom. The van der Waals surface area contributed by atoms with E-state index in [4.69, 9.17) is 4.98 Å². The molecule has 4 heteroatoms. The van der Waals surface area contributed by atoms with Crippen molar-refractivity contribution in [3.05, 3.63) is 76.1 Å². The van der Waals surface area contributed by atoms with Crippen molar-refractivity contribution in [2.75, 3.05) is 0 Å². The lowest BCUT2D eigenvalue weighted by Gasteiger charge is -2.43. The second-order valence-electron chi connectivity index (χ2n) is 11.3. The van der Waals surface area contributed by atoms with E-state index < -0.39 is 0 Å². The van der Waals surface area contributed by atoms with Gasteiger partial charge in [0.25, 0.3) is 0 Å². The number of nitrogens with zero attached hydrogens (tertiary/aromatic N) is 2. The van der Waals surface area contributed by atoms with Crippen LogP contribution in [0.2, 0.25) is 0 Å². The Morgan fingerprint density at radius 2 is 1.41 bits per heavy atom. The molecular formula is C28H34N2O2. The lowest BCUT2D eigenvalue weighted by atomic mass is 9.62. The number of aryl methyl sites for hydroxylation is 1. The summed E-state index contributed by atoms with van der Waals surface area (Å²) in [5.41, 5.74) is 8.34. The minimum atomic E-state index is 0.00698. The zero-order chi connectivity index (χ0) is 22.9. The van der Waals surface area contributed by atoms with Crippen LogP contribution in [0.25, 0.3) is 0 Å². The van der Waals surface area contributed by atoms with Gasteiger partial charge in [-0.3, -0.25) is 9.55 Å². The molecule has 3 aromatic rings. The van der Waals surface area contributed by atoms with Crippen molar-refractivity contribution >= 4 is 0 Å². The van der Waals surface area contributed by atoms with Crippen LogP contribution in [0.4, 0.5) is 0 Å². The molecule has 4 nitrogen and oxygen atoms in total. The summed E-state index contributed by atoms with van der Waals surface area (Å²) in [5, 5.41) is 19.8. The van der Waals surface area contributed by atoms with E-state index in [0.717, 1.165) is 24.1 Å². The fourth-order valence-electron chi connectivity index (χ4n) is 5.62. The van der Waals surface area contributed by atoms with E-state index >= 15 is 0 Å². The minimum absolute atomic E-state index is 0.00698. The maximum absolute atomic E-state index is 9.92. The first-order chi connectivity index (χ1) is 15.0. The van der Waals surface area contributed by atoms with Crippen LogP contribution in [0.1, 0.15) is 86.9 Å². The molecule has 0 spiro atoms. The highest BCUT2D eigenvalue weighted by Gasteiger charge is 2.49. The summed E-state index contributed by atoms with van der Waals surface area (Å²) >= 11 is 0. The molecule has 2 aliphatic rings. The van der Waals surface area contributed by atoms with Gasteiger partial charge in [-0.15, -0.1) is 0 Å². The van der Waals surface area contributed by atoms with Crippen molar-refractivity contribution in [3.8, 4) is 11.8 Å². The monoisotopic (exact) mass is 430 g/mol. The predicted octanol–water partition coefficient (Wildman–Crippen LogP) is 6.08. The first kappa shape index (κ1) is 21.1. The molecule has 5 rings (SSSR count). The third-order valence-electron chi connectivity index (χ3n) is 8.05. The largest absolute Gasteiger partial charge is 0.494 e. The van der Waals surface area contributed by atoms with E-state index in [1.54, 1.807) is 0 Å². The van der Waals surface area contributed by atoms with Crippen LogP contribution in [0.5, 0.6) is 11.8 Å². The van der Waals surface area contributed by atoms with Crippen LogP contribution >= 0.6 is 0 Å². The molecule has 0 atom stereocenters. The number of fused-ring (bicyclic) bond motifs is 1. The van der Waals surface area contributed by atoms with Crippen LogP contribution < -0.4 is 0 Å². The molecule has 2 aliphatic carbocycles. The molecule has 0 saturated heterocycles.